The Hall–Kier alpha value is -3.03. The van der Waals surface area contributed by atoms with Gasteiger partial charge in [-0.2, -0.15) is 18.2 Å². The van der Waals surface area contributed by atoms with E-state index < -0.39 is 29.6 Å². The molecule has 5 nitrogen and oxygen atoms in total. The third-order valence-corrected chi connectivity index (χ3v) is 3.55. The van der Waals surface area contributed by atoms with Crippen LogP contribution in [0.1, 0.15) is 11.1 Å². The van der Waals surface area contributed by atoms with E-state index in [0.29, 0.717) is 5.56 Å². The number of nitro benzene ring substituents is 1. The van der Waals surface area contributed by atoms with Gasteiger partial charge in [0.2, 0.25) is 0 Å². The normalized spacial score (nSPS) is 12.0. The predicted molar refractivity (Wildman–Crippen MR) is 103 cm³/mol. The molecular weight excluding hydrogens is 423 g/mol. The van der Waals surface area contributed by atoms with Gasteiger partial charge in [0.1, 0.15) is 0 Å². The molecule has 2 aromatic carbocycles. The Morgan fingerprint density at radius 2 is 1.83 bits per heavy atom. The SMILES string of the molecule is Cc1cc(C([O-])=CC=C2C=CC=C2)c(OB(F)F)c([N+](=O)[O-])c1.[Fe+2].c1cc[cH-]c1. The third kappa shape index (κ3) is 7.48. The van der Waals surface area contributed by atoms with Crippen LogP contribution >= 0.6 is 0 Å². The van der Waals surface area contributed by atoms with Gasteiger partial charge in [0.25, 0.3) is 0 Å². The van der Waals surface area contributed by atoms with Crippen LogP contribution in [0.3, 0.4) is 0 Å². The standard InChI is InChI=1S/C15H12BF2NO4.C5H5.Fe/c1-10-8-12(14(20)7-6-11-4-2-3-5-11)15(23-16(17)18)13(9-10)19(21)22;1-2-4-5-3-1;/h2-9,20H,1H3;1-5H;/q;-1;+2/p-1. The van der Waals surface area contributed by atoms with Crippen LogP contribution in [0.25, 0.3) is 5.76 Å². The fourth-order valence-electron chi connectivity index (χ4n) is 2.37. The van der Waals surface area contributed by atoms with Crippen molar-refractivity contribution in [3.63, 3.8) is 0 Å². The number of rotatable bonds is 5. The molecule has 150 valence electrons. The van der Waals surface area contributed by atoms with Crippen molar-refractivity contribution in [2.45, 2.75) is 6.92 Å². The summed E-state index contributed by atoms with van der Waals surface area (Å²) in [6.45, 7) is 1.52. The minimum atomic E-state index is -3.28. The van der Waals surface area contributed by atoms with E-state index in [1.165, 1.54) is 19.1 Å². The number of aryl methyl sites for hydroxylation is 1. The number of hydrogen-bond donors (Lipinski definition) is 0. The summed E-state index contributed by atoms with van der Waals surface area (Å²) in [5.41, 5.74) is 0.190. The van der Waals surface area contributed by atoms with Crippen LogP contribution < -0.4 is 9.76 Å². The number of nitro groups is 1. The first-order chi connectivity index (χ1) is 13.4. The number of allylic oxidation sites excluding steroid dienone is 7. The molecule has 0 radical (unpaired) electrons. The van der Waals surface area contributed by atoms with Gasteiger partial charge < -0.3 is 9.76 Å². The van der Waals surface area contributed by atoms with Crippen molar-refractivity contribution >= 4 is 18.9 Å². The fraction of sp³-hybridized carbons (Fsp3) is 0.0500. The molecule has 0 unspecified atom stereocenters. The maximum absolute atomic E-state index is 12.5. The van der Waals surface area contributed by atoms with Crippen LogP contribution in [-0.4, -0.2) is 12.4 Å². The molecular formula is C20H16BF2FeNO4. The summed E-state index contributed by atoms with van der Waals surface area (Å²) in [6, 6.07) is 12.4. The number of benzene rings is 1. The summed E-state index contributed by atoms with van der Waals surface area (Å²) >= 11 is 0. The zero-order chi connectivity index (χ0) is 20.5. The second-order valence-corrected chi connectivity index (χ2v) is 5.67. The largest absolute Gasteiger partial charge is 2.00 e. The molecule has 0 saturated heterocycles. The van der Waals surface area contributed by atoms with Crippen molar-refractivity contribution in [2.75, 3.05) is 0 Å². The zero-order valence-corrected chi connectivity index (χ0v) is 16.4. The minimum Gasteiger partial charge on any atom is -0.872 e. The Morgan fingerprint density at radius 1 is 1.21 bits per heavy atom. The summed E-state index contributed by atoms with van der Waals surface area (Å²) in [6.07, 6.45) is 9.69. The molecule has 0 aromatic heterocycles. The Morgan fingerprint density at radius 3 is 2.31 bits per heavy atom. The van der Waals surface area contributed by atoms with Crippen LogP contribution in [0.5, 0.6) is 5.75 Å². The minimum absolute atomic E-state index is 0. The average Bonchev–Trinajstić information content (AvgIpc) is 3.36. The topological polar surface area (TPSA) is 75.4 Å². The Kier molecular flexibility index (Phi) is 9.72. The molecule has 1 aliphatic rings. The van der Waals surface area contributed by atoms with Crippen molar-refractivity contribution in [2.24, 2.45) is 0 Å². The predicted octanol–water partition coefficient (Wildman–Crippen LogP) is 4.36. The first kappa shape index (κ1) is 24.0. The van der Waals surface area contributed by atoms with E-state index in [1.54, 1.807) is 24.3 Å². The van der Waals surface area contributed by atoms with Crippen molar-refractivity contribution in [3.05, 3.63) is 106 Å². The summed E-state index contributed by atoms with van der Waals surface area (Å²) in [5.74, 6) is -1.39. The van der Waals surface area contributed by atoms with E-state index in [-0.39, 0.29) is 22.6 Å². The monoisotopic (exact) mass is 439 g/mol. The quantitative estimate of drug-likeness (QED) is 0.228. The van der Waals surface area contributed by atoms with Crippen molar-refractivity contribution in [1.82, 2.24) is 0 Å². The summed E-state index contributed by atoms with van der Waals surface area (Å²) in [4.78, 5) is 10.2. The van der Waals surface area contributed by atoms with Gasteiger partial charge in [-0.25, -0.2) is 20.8 Å². The smallest absolute Gasteiger partial charge is 0.872 e. The molecule has 9 heteroatoms. The summed E-state index contributed by atoms with van der Waals surface area (Å²) in [7, 11) is -3.28. The molecule has 2 aromatic rings. The Balaban J connectivity index is 0.000000610. The molecule has 0 aliphatic heterocycles. The first-order valence-corrected chi connectivity index (χ1v) is 8.23. The average molecular weight is 439 g/mol. The number of nitrogens with zero attached hydrogens (tertiary/aromatic N) is 1. The van der Waals surface area contributed by atoms with Crippen LogP contribution in [-0.2, 0) is 17.1 Å². The van der Waals surface area contributed by atoms with Gasteiger partial charge in [-0.05, 0) is 24.1 Å². The van der Waals surface area contributed by atoms with Crippen molar-refractivity contribution < 1.29 is 40.4 Å². The van der Waals surface area contributed by atoms with Crippen LogP contribution in [0.4, 0.5) is 14.3 Å². The van der Waals surface area contributed by atoms with E-state index in [4.69, 9.17) is 0 Å². The van der Waals surface area contributed by atoms with E-state index >= 15 is 0 Å². The molecule has 3 rings (SSSR count). The van der Waals surface area contributed by atoms with Gasteiger partial charge >= 0.3 is 30.2 Å². The summed E-state index contributed by atoms with van der Waals surface area (Å²) < 4.78 is 29.3. The fourth-order valence-corrected chi connectivity index (χ4v) is 2.37. The van der Waals surface area contributed by atoms with Gasteiger partial charge in [-0.3, -0.25) is 10.1 Å². The maximum Gasteiger partial charge on any atom is 2.00 e. The molecule has 0 N–H and O–H groups in total. The number of hydrogen-bond acceptors (Lipinski definition) is 4. The van der Waals surface area contributed by atoms with Crippen LogP contribution in [0.15, 0.2) is 84.5 Å². The molecule has 0 saturated carbocycles. The van der Waals surface area contributed by atoms with E-state index in [0.717, 1.165) is 17.7 Å². The van der Waals surface area contributed by atoms with E-state index in [1.807, 2.05) is 30.3 Å². The Labute approximate surface area is 177 Å². The molecule has 1 aliphatic carbocycles. The van der Waals surface area contributed by atoms with Gasteiger partial charge in [0, 0.05) is 11.6 Å². The van der Waals surface area contributed by atoms with Crippen molar-refractivity contribution in [3.8, 4) is 5.75 Å². The molecule has 29 heavy (non-hydrogen) atoms. The van der Waals surface area contributed by atoms with Gasteiger partial charge in [0.15, 0.2) is 5.75 Å². The maximum atomic E-state index is 12.5. The van der Waals surface area contributed by atoms with Crippen molar-refractivity contribution in [1.29, 1.82) is 0 Å². The molecule has 0 bridgehead atoms. The van der Waals surface area contributed by atoms with Gasteiger partial charge in [-0.1, -0.05) is 42.2 Å². The molecule has 0 heterocycles. The first-order valence-electron chi connectivity index (χ1n) is 8.23. The Bertz CT molecular complexity index is 907. The molecule has 0 amide bonds. The van der Waals surface area contributed by atoms with E-state index in [9.17, 15) is 23.9 Å². The molecule has 0 fully saturated rings. The van der Waals surface area contributed by atoms with Gasteiger partial charge in [0.05, 0.1) is 4.92 Å². The van der Waals surface area contributed by atoms with Crippen LogP contribution in [0.2, 0.25) is 0 Å². The van der Waals surface area contributed by atoms with Gasteiger partial charge in [-0.15, -0.1) is 0 Å². The second kappa shape index (κ2) is 11.7. The molecule has 0 atom stereocenters. The van der Waals surface area contributed by atoms with E-state index in [2.05, 4.69) is 4.65 Å². The summed E-state index contributed by atoms with van der Waals surface area (Å²) in [5, 5.41) is 23.3. The zero-order valence-electron chi connectivity index (χ0n) is 15.3. The molecule has 0 spiro atoms. The second-order valence-electron chi connectivity index (χ2n) is 5.67. The number of halogens is 2. The van der Waals surface area contributed by atoms with Crippen LogP contribution in [0, 0.1) is 17.0 Å². The third-order valence-electron chi connectivity index (χ3n) is 3.55.